The average molecular weight is 235 g/mol. The minimum absolute atomic E-state index is 0.0793. The predicted octanol–water partition coefficient (Wildman–Crippen LogP) is 1.64. The standard InChI is InChI=1S/C12H14FN3O/c1-2-5-15-8-12(17)16-10-3-4-11(13)9(6-10)7-14/h3-4,6,15H,2,5,8H2,1H3,(H,16,17). The maximum atomic E-state index is 13.0. The molecule has 0 bridgehead atoms. The van der Waals surface area contributed by atoms with E-state index in [1.54, 1.807) is 6.07 Å². The molecule has 4 nitrogen and oxygen atoms in total. The summed E-state index contributed by atoms with van der Waals surface area (Å²) in [5, 5.41) is 14.2. The highest BCUT2D eigenvalue weighted by Gasteiger charge is 2.05. The maximum absolute atomic E-state index is 13.0. The fourth-order valence-electron chi connectivity index (χ4n) is 1.27. The first-order chi connectivity index (χ1) is 8.17. The minimum atomic E-state index is -0.588. The molecule has 0 radical (unpaired) electrons. The lowest BCUT2D eigenvalue weighted by molar-refractivity contribution is -0.115. The van der Waals surface area contributed by atoms with Crippen LogP contribution in [0.2, 0.25) is 0 Å². The van der Waals surface area contributed by atoms with Crippen LogP contribution in [-0.4, -0.2) is 19.0 Å². The van der Waals surface area contributed by atoms with Gasteiger partial charge in [-0.3, -0.25) is 4.79 Å². The first kappa shape index (κ1) is 13.1. The number of nitrogens with one attached hydrogen (secondary N) is 2. The van der Waals surface area contributed by atoms with Gasteiger partial charge in [0.1, 0.15) is 11.9 Å². The molecule has 0 saturated heterocycles. The highest BCUT2D eigenvalue weighted by atomic mass is 19.1. The first-order valence-corrected chi connectivity index (χ1v) is 5.37. The molecule has 0 atom stereocenters. The number of benzene rings is 1. The number of hydrogen-bond donors (Lipinski definition) is 2. The molecule has 0 aromatic heterocycles. The van der Waals surface area contributed by atoms with Crippen molar-refractivity contribution in [2.24, 2.45) is 0 Å². The van der Waals surface area contributed by atoms with Crippen molar-refractivity contribution in [2.75, 3.05) is 18.4 Å². The fourth-order valence-corrected chi connectivity index (χ4v) is 1.27. The monoisotopic (exact) mass is 235 g/mol. The number of nitriles is 1. The normalized spacial score (nSPS) is 9.71. The molecule has 0 aliphatic heterocycles. The molecule has 0 fully saturated rings. The van der Waals surface area contributed by atoms with Gasteiger partial charge in [-0.1, -0.05) is 6.92 Å². The van der Waals surface area contributed by atoms with Crippen LogP contribution in [0.1, 0.15) is 18.9 Å². The summed E-state index contributed by atoms with van der Waals surface area (Å²) in [6.45, 7) is 2.97. The van der Waals surface area contributed by atoms with Crippen LogP contribution < -0.4 is 10.6 Å². The Balaban J connectivity index is 2.57. The number of halogens is 1. The van der Waals surface area contributed by atoms with Crippen molar-refractivity contribution in [3.05, 3.63) is 29.6 Å². The summed E-state index contributed by atoms with van der Waals surface area (Å²) in [6, 6.07) is 5.62. The molecule has 0 spiro atoms. The van der Waals surface area contributed by atoms with Gasteiger partial charge in [0.05, 0.1) is 12.1 Å². The zero-order valence-corrected chi connectivity index (χ0v) is 9.59. The van der Waals surface area contributed by atoms with Crippen LogP contribution >= 0.6 is 0 Å². The second kappa shape index (κ2) is 6.61. The summed E-state index contributed by atoms with van der Waals surface area (Å²) in [7, 11) is 0. The molecule has 0 saturated carbocycles. The number of carbonyl (C=O) groups excluding carboxylic acids is 1. The predicted molar refractivity (Wildman–Crippen MR) is 62.9 cm³/mol. The lowest BCUT2D eigenvalue weighted by Crippen LogP contribution is -2.28. The summed E-state index contributed by atoms with van der Waals surface area (Å²) >= 11 is 0. The van der Waals surface area contributed by atoms with E-state index in [1.807, 2.05) is 6.92 Å². The van der Waals surface area contributed by atoms with Gasteiger partial charge >= 0.3 is 0 Å². The molecule has 17 heavy (non-hydrogen) atoms. The molecular formula is C12H14FN3O. The average Bonchev–Trinajstić information content (AvgIpc) is 2.32. The molecule has 1 aromatic rings. The molecule has 2 N–H and O–H groups in total. The van der Waals surface area contributed by atoms with E-state index in [1.165, 1.54) is 12.1 Å². The second-order valence-electron chi connectivity index (χ2n) is 3.53. The Labute approximate surface area is 99.4 Å². The maximum Gasteiger partial charge on any atom is 0.238 e. The van der Waals surface area contributed by atoms with E-state index in [0.717, 1.165) is 19.0 Å². The van der Waals surface area contributed by atoms with Gasteiger partial charge in [0.15, 0.2) is 0 Å². The lowest BCUT2D eigenvalue weighted by Gasteiger charge is -2.06. The highest BCUT2D eigenvalue weighted by molar-refractivity contribution is 5.92. The van der Waals surface area contributed by atoms with Gasteiger partial charge in [-0.05, 0) is 31.2 Å². The van der Waals surface area contributed by atoms with Crippen LogP contribution in [0.15, 0.2) is 18.2 Å². The number of hydrogen-bond acceptors (Lipinski definition) is 3. The van der Waals surface area contributed by atoms with Gasteiger partial charge in [-0.15, -0.1) is 0 Å². The molecule has 0 aliphatic rings. The van der Waals surface area contributed by atoms with Gasteiger partial charge in [-0.2, -0.15) is 5.26 Å². The number of nitrogens with zero attached hydrogens (tertiary/aromatic N) is 1. The molecule has 0 unspecified atom stereocenters. The SMILES string of the molecule is CCCNCC(=O)Nc1ccc(F)c(C#N)c1. The van der Waals surface area contributed by atoms with Crippen LogP contribution in [0.5, 0.6) is 0 Å². The summed E-state index contributed by atoms with van der Waals surface area (Å²) in [5.74, 6) is -0.802. The number of anilines is 1. The Kier molecular flexibility index (Phi) is 5.11. The summed E-state index contributed by atoms with van der Waals surface area (Å²) in [4.78, 5) is 11.4. The zero-order valence-electron chi connectivity index (χ0n) is 9.59. The molecule has 1 rings (SSSR count). The van der Waals surface area contributed by atoms with Gasteiger partial charge in [0.25, 0.3) is 0 Å². The van der Waals surface area contributed by atoms with Crippen molar-refractivity contribution in [3.63, 3.8) is 0 Å². The van der Waals surface area contributed by atoms with Gasteiger partial charge in [-0.25, -0.2) is 4.39 Å². The molecule has 0 aliphatic carbocycles. The smallest absolute Gasteiger partial charge is 0.238 e. The van der Waals surface area contributed by atoms with Crippen molar-refractivity contribution in [3.8, 4) is 6.07 Å². The third kappa shape index (κ3) is 4.21. The van der Waals surface area contributed by atoms with E-state index in [-0.39, 0.29) is 18.0 Å². The third-order valence-corrected chi connectivity index (χ3v) is 2.08. The first-order valence-electron chi connectivity index (χ1n) is 5.37. The fraction of sp³-hybridized carbons (Fsp3) is 0.333. The molecule has 90 valence electrons. The Bertz CT molecular complexity index is 440. The Morgan fingerprint density at radius 2 is 2.29 bits per heavy atom. The largest absolute Gasteiger partial charge is 0.325 e. The highest BCUT2D eigenvalue weighted by Crippen LogP contribution is 2.13. The van der Waals surface area contributed by atoms with Crippen molar-refractivity contribution in [2.45, 2.75) is 13.3 Å². The quantitative estimate of drug-likeness (QED) is 0.762. The topological polar surface area (TPSA) is 64.9 Å². The van der Waals surface area contributed by atoms with E-state index in [2.05, 4.69) is 10.6 Å². The Hall–Kier alpha value is -1.93. The van der Waals surface area contributed by atoms with Crippen LogP contribution in [0.25, 0.3) is 0 Å². The van der Waals surface area contributed by atoms with Gasteiger partial charge < -0.3 is 10.6 Å². The van der Waals surface area contributed by atoms with E-state index < -0.39 is 5.82 Å². The van der Waals surface area contributed by atoms with E-state index >= 15 is 0 Å². The van der Waals surface area contributed by atoms with E-state index in [0.29, 0.717) is 5.69 Å². The van der Waals surface area contributed by atoms with Crippen LogP contribution in [0.3, 0.4) is 0 Å². The van der Waals surface area contributed by atoms with Crippen molar-refractivity contribution in [1.29, 1.82) is 5.26 Å². The molecular weight excluding hydrogens is 221 g/mol. The number of amides is 1. The number of carbonyl (C=O) groups is 1. The van der Waals surface area contributed by atoms with Crippen LogP contribution in [-0.2, 0) is 4.79 Å². The van der Waals surface area contributed by atoms with E-state index in [9.17, 15) is 9.18 Å². The van der Waals surface area contributed by atoms with E-state index in [4.69, 9.17) is 5.26 Å². The second-order valence-corrected chi connectivity index (χ2v) is 3.53. The zero-order chi connectivity index (χ0) is 12.7. The Morgan fingerprint density at radius 3 is 2.94 bits per heavy atom. The van der Waals surface area contributed by atoms with Crippen molar-refractivity contribution in [1.82, 2.24) is 5.32 Å². The number of rotatable bonds is 5. The van der Waals surface area contributed by atoms with Crippen molar-refractivity contribution < 1.29 is 9.18 Å². The molecule has 1 aromatic carbocycles. The minimum Gasteiger partial charge on any atom is -0.325 e. The van der Waals surface area contributed by atoms with Crippen LogP contribution in [0, 0.1) is 17.1 Å². The molecule has 0 heterocycles. The van der Waals surface area contributed by atoms with Gasteiger partial charge in [0, 0.05) is 5.69 Å². The summed E-state index contributed by atoms with van der Waals surface area (Å²) in [6.07, 6.45) is 0.947. The summed E-state index contributed by atoms with van der Waals surface area (Å²) < 4.78 is 13.0. The van der Waals surface area contributed by atoms with Crippen LogP contribution in [0.4, 0.5) is 10.1 Å². The Morgan fingerprint density at radius 1 is 1.53 bits per heavy atom. The summed E-state index contributed by atoms with van der Waals surface area (Å²) in [5.41, 5.74) is 0.343. The molecule has 5 heteroatoms. The third-order valence-electron chi connectivity index (χ3n) is 2.08. The van der Waals surface area contributed by atoms with Gasteiger partial charge in [0.2, 0.25) is 5.91 Å². The lowest BCUT2D eigenvalue weighted by atomic mass is 10.2. The van der Waals surface area contributed by atoms with Crippen molar-refractivity contribution >= 4 is 11.6 Å². The molecule has 1 amide bonds.